The van der Waals surface area contributed by atoms with Gasteiger partial charge < -0.3 is 4.90 Å². The van der Waals surface area contributed by atoms with Gasteiger partial charge in [0.05, 0.1) is 5.56 Å². The number of hydrogen-bond acceptors (Lipinski definition) is 1. The van der Waals surface area contributed by atoms with Gasteiger partial charge >= 0.3 is 6.18 Å². The Balaban J connectivity index is 2.42. The fourth-order valence-corrected chi connectivity index (χ4v) is 2.03. The lowest BCUT2D eigenvalue weighted by atomic mass is 10.1. The molecule has 1 saturated carbocycles. The van der Waals surface area contributed by atoms with Gasteiger partial charge in [-0.05, 0) is 30.5 Å². The van der Waals surface area contributed by atoms with Crippen LogP contribution in [0.3, 0.4) is 0 Å². The summed E-state index contributed by atoms with van der Waals surface area (Å²) < 4.78 is 38.8. The van der Waals surface area contributed by atoms with Crippen molar-refractivity contribution < 1.29 is 13.2 Å². The molecule has 0 amide bonds. The Morgan fingerprint density at radius 3 is 2.47 bits per heavy atom. The number of alkyl halides is 4. The average molecular weight is 264 g/mol. The highest BCUT2D eigenvalue weighted by Crippen LogP contribution is 2.40. The molecule has 1 aromatic carbocycles. The lowest BCUT2D eigenvalue weighted by Gasteiger charge is -2.23. The van der Waals surface area contributed by atoms with Crippen molar-refractivity contribution in [2.45, 2.75) is 30.9 Å². The zero-order valence-electron chi connectivity index (χ0n) is 9.39. The summed E-state index contributed by atoms with van der Waals surface area (Å²) in [6, 6.07) is 4.55. The molecule has 2 rings (SSSR count). The predicted octanol–water partition coefficient (Wildman–Crippen LogP) is 4.04. The van der Waals surface area contributed by atoms with Crippen LogP contribution in [0.1, 0.15) is 24.0 Å². The van der Waals surface area contributed by atoms with Gasteiger partial charge in [0.15, 0.2) is 0 Å². The van der Waals surface area contributed by atoms with Crippen molar-refractivity contribution in [1.29, 1.82) is 0 Å². The minimum absolute atomic E-state index is 0.0938. The first-order valence-electron chi connectivity index (χ1n) is 5.42. The van der Waals surface area contributed by atoms with E-state index in [1.165, 1.54) is 6.07 Å². The van der Waals surface area contributed by atoms with Gasteiger partial charge in [-0.2, -0.15) is 13.2 Å². The highest BCUT2D eigenvalue weighted by molar-refractivity contribution is 6.17. The Morgan fingerprint density at radius 2 is 2.00 bits per heavy atom. The van der Waals surface area contributed by atoms with Gasteiger partial charge in [0, 0.05) is 24.7 Å². The van der Waals surface area contributed by atoms with E-state index in [0.29, 0.717) is 5.56 Å². The Morgan fingerprint density at radius 1 is 1.35 bits per heavy atom. The lowest BCUT2D eigenvalue weighted by molar-refractivity contribution is -0.137. The van der Waals surface area contributed by atoms with Crippen LogP contribution in [-0.2, 0) is 12.1 Å². The smallest absolute Gasteiger partial charge is 0.371 e. The normalized spacial score (nSPS) is 16.1. The van der Waals surface area contributed by atoms with E-state index in [2.05, 4.69) is 0 Å². The minimum atomic E-state index is -4.33. The number of rotatable bonds is 3. The first kappa shape index (κ1) is 12.6. The lowest BCUT2D eigenvalue weighted by Crippen LogP contribution is -2.23. The maximum atomic E-state index is 12.9. The maximum Gasteiger partial charge on any atom is 0.418 e. The number of hydrogen-bond donors (Lipinski definition) is 0. The molecule has 0 heterocycles. The molecule has 0 radical (unpaired) electrons. The third-order valence-electron chi connectivity index (χ3n) is 3.00. The van der Waals surface area contributed by atoms with Gasteiger partial charge in [-0.25, -0.2) is 0 Å². The van der Waals surface area contributed by atoms with Gasteiger partial charge in [0.2, 0.25) is 0 Å². The second-order valence-electron chi connectivity index (χ2n) is 4.32. The summed E-state index contributed by atoms with van der Waals surface area (Å²) in [7, 11) is 1.71. The zero-order chi connectivity index (χ0) is 12.6. The number of halogens is 4. The van der Waals surface area contributed by atoms with Crippen LogP contribution < -0.4 is 4.90 Å². The van der Waals surface area contributed by atoms with Crippen molar-refractivity contribution in [2.24, 2.45) is 0 Å². The molecule has 0 N–H and O–H groups in total. The largest absolute Gasteiger partial charge is 0.418 e. The van der Waals surface area contributed by atoms with Crippen LogP contribution in [0.4, 0.5) is 18.9 Å². The topological polar surface area (TPSA) is 3.24 Å². The van der Waals surface area contributed by atoms with E-state index in [1.54, 1.807) is 18.0 Å². The van der Waals surface area contributed by atoms with Crippen LogP contribution in [-0.4, -0.2) is 13.1 Å². The van der Waals surface area contributed by atoms with Gasteiger partial charge in [0.25, 0.3) is 0 Å². The van der Waals surface area contributed by atoms with Crippen LogP contribution >= 0.6 is 11.6 Å². The molecule has 0 spiro atoms. The molecule has 0 unspecified atom stereocenters. The third kappa shape index (κ3) is 2.68. The highest BCUT2D eigenvalue weighted by Gasteiger charge is 2.37. The first-order chi connectivity index (χ1) is 7.93. The second-order valence-corrected chi connectivity index (χ2v) is 4.59. The van der Waals surface area contributed by atoms with Crippen LogP contribution in [0, 0.1) is 0 Å². The summed E-state index contributed by atoms with van der Waals surface area (Å²) in [5, 5.41) is 0. The van der Waals surface area contributed by atoms with Gasteiger partial charge in [-0.1, -0.05) is 6.07 Å². The van der Waals surface area contributed by atoms with E-state index in [4.69, 9.17) is 11.6 Å². The van der Waals surface area contributed by atoms with Gasteiger partial charge in [-0.15, -0.1) is 11.6 Å². The summed E-state index contributed by atoms with van der Waals surface area (Å²) in [6.07, 6.45) is -2.41. The molecular formula is C12H13ClF3N. The van der Waals surface area contributed by atoms with Crippen LogP contribution in [0.15, 0.2) is 18.2 Å². The molecule has 1 aliphatic rings. The Bertz CT molecular complexity index is 413. The molecule has 94 valence electrons. The molecule has 1 aromatic rings. The molecule has 1 nitrogen and oxygen atoms in total. The fourth-order valence-electron chi connectivity index (χ4n) is 1.86. The molecule has 0 saturated heterocycles. The number of nitrogens with zero attached hydrogens (tertiary/aromatic N) is 1. The fraction of sp³-hybridized carbons (Fsp3) is 0.500. The summed E-state index contributed by atoms with van der Waals surface area (Å²) >= 11 is 5.57. The van der Waals surface area contributed by atoms with Crippen molar-refractivity contribution in [3.8, 4) is 0 Å². The van der Waals surface area contributed by atoms with Crippen molar-refractivity contribution in [3.05, 3.63) is 29.3 Å². The van der Waals surface area contributed by atoms with Gasteiger partial charge in [-0.3, -0.25) is 0 Å². The molecule has 5 heteroatoms. The Labute approximate surface area is 103 Å². The number of anilines is 1. The summed E-state index contributed by atoms with van der Waals surface area (Å²) in [4.78, 5) is 1.71. The Kier molecular flexibility index (Phi) is 3.25. The van der Waals surface area contributed by atoms with E-state index in [1.807, 2.05) is 0 Å². The standard InChI is InChI=1S/C12H13ClF3N/c1-17(9-3-4-9)11-5-2-8(7-13)6-10(11)12(14,15)16/h2,5-6,9H,3-4,7H2,1H3. The van der Waals surface area contributed by atoms with Crippen LogP contribution in [0.25, 0.3) is 0 Å². The molecule has 0 aliphatic heterocycles. The predicted molar refractivity (Wildman–Crippen MR) is 62.4 cm³/mol. The van der Waals surface area contributed by atoms with Crippen LogP contribution in [0.5, 0.6) is 0 Å². The summed E-state index contributed by atoms with van der Waals surface area (Å²) in [5.41, 5.74) is 0.144. The second kappa shape index (κ2) is 4.41. The molecule has 1 aliphatic carbocycles. The third-order valence-corrected chi connectivity index (χ3v) is 3.30. The molecule has 1 fully saturated rings. The molecule has 0 aromatic heterocycles. The summed E-state index contributed by atoms with van der Waals surface area (Å²) in [6.45, 7) is 0. The SMILES string of the molecule is CN(c1ccc(CCl)cc1C(F)(F)F)C1CC1. The van der Waals surface area contributed by atoms with E-state index in [0.717, 1.165) is 18.9 Å². The van der Waals surface area contributed by atoms with E-state index >= 15 is 0 Å². The summed E-state index contributed by atoms with van der Waals surface area (Å²) in [5.74, 6) is 0.0938. The van der Waals surface area contributed by atoms with Crippen LogP contribution in [0.2, 0.25) is 0 Å². The quantitative estimate of drug-likeness (QED) is 0.744. The Hall–Kier alpha value is -0.900. The first-order valence-corrected chi connectivity index (χ1v) is 5.96. The van der Waals surface area contributed by atoms with E-state index in [9.17, 15) is 13.2 Å². The number of benzene rings is 1. The average Bonchev–Trinajstić information content (AvgIpc) is 3.10. The molecule has 0 atom stereocenters. The van der Waals surface area contributed by atoms with Crippen molar-refractivity contribution in [1.82, 2.24) is 0 Å². The van der Waals surface area contributed by atoms with E-state index in [-0.39, 0.29) is 17.6 Å². The zero-order valence-corrected chi connectivity index (χ0v) is 10.1. The molecular weight excluding hydrogens is 251 g/mol. The minimum Gasteiger partial charge on any atom is -0.371 e. The molecule has 17 heavy (non-hydrogen) atoms. The van der Waals surface area contributed by atoms with Crippen molar-refractivity contribution >= 4 is 17.3 Å². The maximum absolute atomic E-state index is 12.9. The van der Waals surface area contributed by atoms with Crippen molar-refractivity contribution in [2.75, 3.05) is 11.9 Å². The van der Waals surface area contributed by atoms with Crippen molar-refractivity contribution in [3.63, 3.8) is 0 Å². The molecule has 0 bridgehead atoms. The van der Waals surface area contributed by atoms with E-state index < -0.39 is 11.7 Å². The highest BCUT2D eigenvalue weighted by atomic mass is 35.5. The van der Waals surface area contributed by atoms with Gasteiger partial charge in [0.1, 0.15) is 0 Å². The monoisotopic (exact) mass is 263 g/mol.